The van der Waals surface area contributed by atoms with Gasteiger partial charge in [-0.3, -0.25) is 9.59 Å². The molecule has 1 saturated carbocycles. The predicted molar refractivity (Wildman–Crippen MR) is 110 cm³/mol. The third kappa shape index (κ3) is 3.82. The van der Waals surface area contributed by atoms with E-state index in [1.165, 1.54) is 31.2 Å². The lowest BCUT2D eigenvalue weighted by Crippen LogP contribution is -2.65. The number of hydrogen-bond donors (Lipinski definition) is 1. The van der Waals surface area contributed by atoms with Gasteiger partial charge in [0.15, 0.2) is 0 Å². The maximum Gasteiger partial charge on any atom is 0.239 e. The Bertz CT molecular complexity index is 678. The average molecular weight is 384 g/mol. The van der Waals surface area contributed by atoms with Crippen LogP contribution >= 0.6 is 0 Å². The topological polar surface area (TPSA) is 52.7 Å². The molecule has 2 saturated heterocycles. The van der Waals surface area contributed by atoms with Gasteiger partial charge in [-0.25, -0.2) is 0 Å². The van der Waals surface area contributed by atoms with Crippen molar-refractivity contribution < 1.29 is 9.59 Å². The van der Waals surface area contributed by atoms with Crippen molar-refractivity contribution in [1.29, 1.82) is 0 Å². The number of rotatable bonds is 6. The highest BCUT2D eigenvalue weighted by Crippen LogP contribution is 2.57. The van der Waals surface area contributed by atoms with Crippen molar-refractivity contribution in [2.24, 2.45) is 5.41 Å². The van der Waals surface area contributed by atoms with E-state index >= 15 is 0 Å². The summed E-state index contributed by atoms with van der Waals surface area (Å²) in [6.07, 6.45) is 9.21. The van der Waals surface area contributed by atoms with E-state index in [-0.39, 0.29) is 29.8 Å². The average Bonchev–Trinajstić information content (AvgIpc) is 2.75. The molecule has 1 atom stereocenters. The molecule has 1 aliphatic carbocycles. The third-order valence-corrected chi connectivity index (χ3v) is 6.90. The van der Waals surface area contributed by atoms with Gasteiger partial charge < -0.3 is 15.1 Å². The molecule has 3 aliphatic rings. The molecule has 28 heavy (non-hydrogen) atoms. The minimum atomic E-state index is -0.270. The van der Waals surface area contributed by atoms with Gasteiger partial charge in [0.1, 0.15) is 6.54 Å². The summed E-state index contributed by atoms with van der Waals surface area (Å²) in [6.45, 7) is 4.03. The van der Waals surface area contributed by atoms with Crippen LogP contribution in [-0.2, 0) is 9.59 Å². The fourth-order valence-electron chi connectivity index (χ4n) is 5.47. The molecule has 2 aliphatic heterocycles. The van der Waals surface area contributed by atoms with Crippen LogP contribution in [0.25, 0.3) is 0 Å². The highest BCUT2D eigenvalue weighted by atomic mass is 16.2. The normalized spacial score (nSPS) is 24.8. The van der Waals surface area contributed by atoms with Crippen LogP contribution in [0.2, 0.25) is 0 Å². The maximum absolute atomic E-state index is 13.1. The highest BCUT2D eigenvalue weighted by Gasteiger charge is 2.60. The van der Waals surface area contributed by atoms with Gasteiger partial charge in [-0.15, -0.1) is 0 Å². The Morgan fingerprint density at radius 1 is 1.00 bits per heavy atom. The van der Waals surface area contributed by atoms with Gasteiger partial charge in [-0.05, 0) is 44.3 Å². The molecule has 2 amide bonds. The molecule has 1 unspecified atom stereocenters. The van der Waals surface area contributed by atoms with E-state index in [4.69, 9.17) is 0 Å². The van der Waals surface area contributed by atoms with Crippen molar-refractivity contribution in [2.75, 3.05) is 32.7 Å². The molecule has 5 heteroatoms. The van der Waals surface area contributed by atoms with Crippen LogP contribution in [0.4, 0.5) is 0 Å². The van der Waals surface area contributed by atoms with Gasteiger partial charge in [-0.1, -0.05) is 56.0 Å². The molecule has 1 aromatic rings. The van der Waals surface area contributed by atoms with E-state index in [0.29, 0.717) is 6.54 Å². The molecule has 0 radical (unpaired) electrons. The Kier molecular flexibility index (Phi) is 6.00. The van der Waals surface area contributed by atoms with Gasteiger partial charge in [0, 0.05) is 13.1 Å². The SMILES string of the molecule is O=C(CN1C(=O)C2(CCCCC2)C1c1ccccc1)NCCN1CCCCC1. The summed E-state index contributed by atoms with van der Waals surface area (Å²) in [7, 11) is 0. The Labute approximate surface area is 168 Å². The first-order valence-corrected chi connectivity index (χ1v) is 11.1. The second-order valence-electron chi connectivity index (χ2n) is 8.72. The first-order chi connectivity index (χ1) is 13.7. The Morgan fingerprint density at radius 3 is 2.39 bits per heavy atom. The summed E-state index contributed by atoms with van der Waals surface area (Å²) in [5, 5.41) is 3.04. The summed E-state index contributed by atoms with van der Waals surface area (Å²) in [6, 6.07) is 10.3. The molecule has 5 nitrogen and oxygen atoms in total. The standard InChI is InChI=1S/C23H33N3O2/c27-20(24-14-17-25-15-8-3-9-16-25)18-26-21(19-10-4-1-5-11-19)23(22(26)28)12-6-2-7-13-23/h1,4-5,10-11,21H,2-3,6-9,12-18H2,(H,24,27). The molecule has 3 fully saturated rings. The number of benzene rings is 1. The lowest BCUT2D eigenvalue weighted by Gasteiger charge is -2.58. The Balaban J connectivity index is 1.37. The van der Waals surface area contributed by atoms with Crippen molar-refractivity contribution in [1.82, 2.24) is 15.1 Å². The van der Waals surface area contributed by atoms with Crippen LogP contribution in [0.5, 0.6) is 0 Å². The molecule has 0 aromatic heterocycles. The zero-order chi connectivity index (χ0) is 19.4. The second-order valence-corrected chi connectivity index (χ2v) is 8.72. The molecule has 1 spiro atoms. The van der Waals surface area contributed by atoms with Gasteiger partial charge in [0.25, 0.3) is 0 Å². The van der Waals surface area contributed by atoms with Gasteiger partial charge in [0.2, 0.25) is 11.8 Å². The summed E-state index contributed by atoms with van der Waals surface area (Å²) in [4.78, 5) is 29.9. The monoisotopic (exact) mass is 383 g/mol. The van der Waals surface area contributed by atoms with Crippen LogP contribution < -0.4 is 5.32 Å². The van der Waals surface area contributed by atoms with Crippen LogP contribution in [0.3, 0.4) is 0 Å². The highest BCUT2D eigenvalue weighted by molar-refractivity contribution is 5.94. The Hall–Kier alpha value is -1.88. The lowest BCUT2D eigenvalue weighted by molar-refractivity contribution is -0.180. The molecule has 152 valence electrons. The summed E-state index contributed by atoms with van der Waals surface area (Å²) < 4.78 is 0. The Morgan fingerprint density at radius 2 is 1.68 bits per heavy atom. The number of amides is 2. The van der Waals surface area contributed by atoms with Crippen molar-refractivity contribution in [3.8, 4) is 0 Å². The van der Waals surface area contributed by atoms with Gasteiger partial charge in [0.05, 0.1) is 11.5 Å². The molecular weight excluding hydrogens is 350 g/mol. The molecule has 0 bridgehead atoms. The number of piperidine rings is 1. The van der Waals surface area contributed by atoms with Crippen LogP contribution in [0.1, 0.15) is 63.0 Å². The van der Waals surface area contributed by atoms with Crippen LogP contribution in [-0.4, -0.2) is 54.3 Å². The molecular formula is C23H33N3O2. The summed E-state index contributed by atoms with van der Waals surface area (Å²) >= 11 is 0. The second kappa shape index (κ2) is 8.64. The first-order valence-electron chi connectivity index (χ1n) is 11.1. The number of carbonyl (C=O) groups excluding carboxylic acids is 2. The van der Waals surface area contributed by atoms with Gasteiger partial charge in [-0.2, -0.15) is 0 Å². The summed E-state index contributed by atoms with van der Waals surface area (Å²) in [5.74, 6) is 0.157. The first kappa shape index (κ1) is 19.4. The smallest absolute Gasteiger partial charge is 0.239 e. The quantitative estimate of drug-likeness (QED) is 0.768. The third-order valence-electron chi connectivity index (χ3n) is 6.90. The van der Waals surface area contributed by atoms with Crippen molar-refractivity contribution in [3.63, 3.8) is 0 Å². The fourth-order valence-corrected chi connectivity index (χ4v) is 5.47. The number of likely N-dealkylation sites (tertiary alicyclic amines) is 2. The number of carbonyl (C=O) groups is 2. The van der Waals surface area contributed by atoms with E-state index < -0.39 is 0 Å². The minimum absolute atomic E-state index is 0.0306. The van der Waals surface area contributed by atoms with E-state index in [2.05, 4.69) is 22.3 Å². The van der Waals surface area contributed by atoms with E-state index in [1.807, 2.05) is 23.1 Å². The fraction of sp³-hybridized carbons (Fsp3) is 0.652. The van der Waals surface area contributed by atoms with Crippen LogP contribution in [0, 0.1) is 5.41 Å². The summed E-state index contributed by atoms with van der Waals surface area (Å²) in [5.41, 5.74) is 0.901. The lowest BCUT2D eigenvalue weighted by atomic mass is 9.60. The molecule has 1 aromatic carbocycles. The zero-order valence-corrected chi connectivity index (χ0v) is 16.9. The van der Waals surface area contributed by atoms with E-state index in [0.717, 1.165) is 45.3 Å². The number of nitrogens with one attached hydrogen (secondary N) is 1. The molecule has 4 rings (SSSR count). The van der Waals surface area contributed by atoms with Crippen molar-refractivity contribution >= 4 is 11.8 Å². The van der Waals surface area contributed by atoms with E-state index in [1.54, 1.807) is 0 Å². The molecule has 1 N–H and O–H groups in total. The van der Waals surface area contributed by atoms with Crippen molar-refractivity contribution in [3.05, 3.63) is 35.9 Å². The minimum Gasteiger partial charge on any atom is -0.353 e. The predicted octanol–water partition coefficient (Wildman–Crippen LogP) is 3.12. The largest absolute Gasteiger partial charge is 0.353 e. The zero-order valence-electron chi connectivity index (χ0n) is 16.9. The van der Waals surface area contributed by atoms with Crippen molar-refractivity contribution in [2.45, 2.75) is 57.4 Å². The number of β-lactam (4-membered cyclic amide) rings is 1. The molecule has 2 heterocycles. The number of hydrogen-bond acceptors (Lipinski definition) is 3. The van der Waals surface area contributed by atoms with Gasteiger partial charge >= 0.3 is 0 Å². The van der Waals surface area contributed by atoms with E-state index in [9.17, 15) is 9.59 Å². The number of nitrogens with zero attached hydrogens (tertiary/aromatic N) is 2. The maximum atomic E-state index is 13.1. The van der Waals surface area contributed by atoms with Crippen LogP contribution in [0.15, 0.2) is 30.3 Å².